The predicted octanol–water partition coefficient (Wildman–Crippen LogP) is 5.55. The Labute approximate surface area is 225 Å². The van der Waals surface area contributed by atoms with Gasteiger partial charge < -0.3 is 18.6 Å². The molecule has 0 aliphatic rings. The number of pyridine rings is 1. The number of ether oxygens (including phenoxy) is 2. The molecule has 198 valence electrons. The van der Waals surface area contributed by atoms with Crippen LogP contribution in [0.25, 0.3) is 33.1 Å². The summed E-state index contributed by atoms with van der Waals surface area (Å²) < 4.78 is 18.5. The highest BCUT2D eigenvalue weighted by molar-refractivity contribution is 6.06. The number of methoxy groups -OCH3 is 1. The molecule has 5 rings (SSSR count). The van der Waals surface area contributed by atoms with E-state index in [0.29, 0.717) is 47.2 Å². The lowest BCUT2D eigenvalue weighted by Crippen LogP contribution is -2.10. The summed E-state index contributed by atoms with van der Waals surface area (Å²) in [5.74, 6) is 1.34. The average molecular weight is 525 g/mol. The molecule has 0 spiro atoms. The zero-order chi connectivity index (χ0) is 27.5. The molecule has 39 heavy (non-hydrogen) atoms. The van der Waals surface area contributed by atoms with Gasteiger partial charge in [0, 0.05) is 17.4 Å². The first kappa shape index (κ1) is 25.7. The highest BCUT2D eigenvalue weighted by atomic mass is 16.5. The first-order chi connectivity index (χ1) is 19.0. The van der Waals surface area contributed by atoms with Crippen molar-refractivity contribution in [1.82, 2.24) is 19.7 Å². The van der Waals surface area contributed by atoms with Crippen molar-refractivity contribution in [3.05, 3.63) is 65.7 Å². The van der Waals surface area contributed by atoms with Gasteiger partial charge in [-0.1, -0.05) is 35.5 Å². The molecule has 0 amide bonds. The predicted molar refractivity (Wildman–Crippen MR) is 146 cm³/mol. The summed E-state index contributed by atoms with van der Waals surface area (Å²) in [6, 6.07) is 13.8. The summed E-state index contributed by atoms with van der Waals surface area (Å²) in [6.07, 6.45) is 4.25. The van der Waals surface area contributed by atoms with Gasteiger partial charge in [-0.3, -0.25) is 15.1 Å². The molecule has 0 fully saturated rings. The first-order valence-electron chi connectivity index (χ1n) is 12.7. The Balaban J connectivity index is 1.69. The van der Waals surface area contributed by atoms with Crippen molar-refractivity contribution in [1.29, 1.82) is 5.26 Å². The van der Waals surface area contributed by atoms with E-state index in [1.54, 1.807) is 20.2 Å². The topological polar surface area (TPSA) is 128 Å². The van der Waals surface area contributed by atoms with E-state index in [2.05, 4.69) is 22.4 Å². The fraction of sp³-hybridized carbons (Fsp3) is 0.276. The van der Waals surface area contributed by atoms with Gasteiger partial charge in [0.05, 0.1) is 54.7 Å². The number of aryl methyl sites for hydroxylation is 2. The van der Waals surface area contributed by atoms with Crippen LogP contribution in [0.4, 0.5) is 5.95 Å². The van der Waals surface area contributed by atoms with Gasteiger partial charge in [-0.2, -0.15) is 5.26 Å². The van der Waals surface area contributed by atoms with Crippen LogP contribution in [0.1, 0.15) is 43.3 Å². The van der Waals surface area contributed by atoms with Crippen LogP contribution in [0.15, 0.2) is 53.2 Å². The molecule has 10 heteroatoms. The Bertz CT molecular complexity index is 1700. The maximum absolute atomic E-state index is 12.0. The molecule has 5 aromatic rings. The number of rotatable bonds is 9. The molecule has 1 N–H and O–H groups in total. The molecule has 3 heterocycles. The Morgan fingerprint density at radius 3 is 2.74 bits per heavy atom. The standard InChI is InChI=1S/C29H28N6O4/c1-5-38-26(36)12-11-22-27(18(3)39-34-22)21-13-23-20(14-25(21)37-4)28-24(15-31-23)33-29(32-16-30)35(28)17(2)19-9-7-6-8-10-19/h6-10,13-15,17H,5,11-12H2,1-4H3,(H,32,33)/t17-/m1/s1. The fourth-order valence-corrected chi connectivity index (χ4v) is 4.95. The van der Waals surface area contributed by atoms with Crippen LogP contribution < -0.4 is 10.1 Å². The number of hydrogen-bond donors (Lipinski definition) is 1. The Kier molecular flexibility index (Phi) is 7.14. The van der Waals surface area contributed by atoms with Gasteiger partial charge >= 0.3 is 5.97 Å². The molecule has 0 unspecified atom stereocenters. The van der Waals surface area contributed by atoms with E-state index in [9.17, 15) is 10.1 Å². The van der Waals surface area contributed by atoms with Gasteiger partial charge in [-0.05, 0) is 38.5 Å². The summed E-state index contributed by atoms with van der Waals surface area (Å²) in [4.78, 5) is 21.3. The van der Waals surface area contributed by atoms with Crippen molar-refractivity contribution in [2.75, 3.05) is 19.0 Å². The average Bonchev–Trinajstić information content (AvgIpc) is 3.51. The molecule has 10 nitrogen and oxygen atoms in total. The number of nitrogens with one attached hydrogen (secondary N) is 1. The van der Waals surface area contributed by atoms with Gasteiger partial charge in [0.1, 0.15) is 17.0 Å². The summed E-state index contributed by atoms with van der Waals surface area (Å²) in [7, 11) is 1.60. The van der Waals surface area contributed by atoms with Crippen LogP contribution in [-0.2, 0) is 16.0 Å². The first-order valence-corrected chi connectivity index (χ1v) is 12.7. The third-order valence-electron chi connectivity index (χ3n) is 6.75. The van der Waals surface area contributed by atoms with Crippen LogP contribution in [0.2, 0.25) is 0 Å². The van der Waals surface area contributed by atoms with Crippen molar-refractivity contribution in [3.8, 4) is 23.1 Å². The highest BCUT2D eigenvalue weighted by Crippen LogP contribution is 2.41. The quantitative estimate of drug-likeness (QED) is 0.150. The van der Waals surface area contributed by atoms with E-state index in [0.717, 1.165) is 27.6 Å². The van der Waals surface area contributed by atoms with Crippen molar-refractivity contribution in [2.24, 2.45) is 0 Å². The lowest BCUT2D eigenvalue weighted by Gasteiger charge is -2.18. The van der Waals surface area contributed by atoms with Gasteiger partial charge in [0.15, 0.2) is 6.19 Å². The second kappa shape index (κ2) is 10.8. The van der Waals surface area contributed by atoms with Gasteiger partial charge in [0.2, 0.25) is 5.95 Å². The number of aromatic nitrogens is 4. The maximum Gasteiger partial charge on any atom is 0.306 e. The minimum atomic E-state index is -0.291. The number of nitrogens with zero attached hydrogens (tertiary/aromatic N) is 5. The molecular weight excluding hydrogens is 496 g/mol. The molecule has 2 aromatic carbocycles. The minimum absolute atomic E-state index is 0.127. The monoisotopic (exact) mass is 524 g/mol. The Hall–Kier alpha value is -4.91. The van der Waals surface area contributed by atoms with E-state index in [1.165, 1.54) is 0 Å². The zero-order valence-corrected chi connectivity index (χ0v) is 22.2. The summed E-state index contributed by atoms with van der Waals surface area (Å²) >= 11 is 0. The second-order valence-corrected chi connectivity index (χ2v) is 9.06. The summed E-state index contributed by atoms with van der Waals surface area (Å²) in [5.41, 5.74) is 5.41. The van der Waals surface area contributed by atoms with Crippen molar-refractivity contribution in [2.45, 2.75) is 39.7 Å². The SMILES string of the molecule is CCOC(=O)CCc1noc(C)c1-c1cc2ncc3nc(NC#N)n([C@H](C)c4ccccc4)c3c2cc1OC. The third-order valence-corrected chi connectivity index (χ3v) is 6.75. The molecule has 0 aliphatic heterocycles. The van der Waals surface area contributed by atoms with Crippen LogP contribution in [0.5, 0.6) is 5.75 Å². The fourth-order valence-electron chi connectivity index (χ4n) is 4.95. The van der Waals surface area contributed by atoms with E-state index in [1.807, 2.05) is 60.1 Å². The van der Waals surface area contributed by atoms with Crippen LogP contribution in [0, 0.1) is 18.4 Å². The van der Waals surface area contributed by atoms with Crippen LogP contribution in [0.3, 0.4) is 0 Å². The largest absolute Gasteiger partial charge is 0.496 e. The zero-order valence-electron chi connectivity index (χ0n) is 22.2. The van der Waals surface area contributed by atoms with E-state index < -0.39 is 0 Å². The second-order valence-electron chi connectivity index (χ2n) is 9.06. The van der Waals surface area contributed by atoms with Crippen LogP contribution in [-0.4, -0.2) is 39.4 Å². The number of anilines is 1. The molecular formula is C29H28N6O4. The maximum atomic E-state index is 12.0. The molecule has 1 atom stereocenters. The van der Waals surface area contributed by atoms with Crippen molar-refractivity contribution in [3.63, 3.8) is 0 Å². The normalized spacial score (nSPS) is 11.9. The molecule has 0 saturated heterocycles. The van der Waals surface area contributed by atoms with Crippen molar-refractivity contribution >= 4 is 33.9 Å². The van der Waals surface area contributed by atoms with E-state index >= 15 is 0 Å². The minimum Gasteiger partial charge on any atom is -0.496 e. The molecule has 0 radical (unpaired) electrons. The lowest BCUT2D eigenvalue weighted by molar-refractivity contribution is -0.143. The van der Waals surface area contributed by atoms with E-state index in [-0.39, 0.29) is 18.4 Å². The molecule has 3 aromatic heterocycles. The third kappa shape index (κ3) is 4.75. The molecule has 0 aliphatic carbocycles. The lowest BCUT2D eigenvalue weighted by atomic mass is 9.98. The number of carbonyl (C=O) groups is 1. The van der Waals surface area contributed by atoms with Gasteiger partial charge in [0.25, 0.3) is 0 Å². The number of fused-ring (bicyclic) bond motifs is 3. The number of imidazole rings is 1. The highest BCUT2D eigenvalue weighted by Gasteiger charge is 2.24. The van der Waals surface area contributed by atoms with E-state index in [4.69, 9.17) is 19.0 Å². The number of carbonyl (C=O) groups excluding carboxylic acids is 1. The van der Waals surface area contributed by atoms with Gasteiger partial charge in [-0.25, -0.2) is 4.98 Å². The number of hydrogen-bond acceptors (Lipinski definition) is 9. The Morgan fingerprint density at radius 1 is 1.23 bits per heavy atom. The Morgan fingerprint density at radius 2 is 2.03 bits per heavy atom. The molecule has 0 saturated carbocycles. The smallest absolute Gasteiger partial charge is 0.306 e. The number of benzene rings is 2. The van der Waals surface area contributed by atoms with Crippen LogP contribution >= 0.6 is 0 Å². The number of esters is 1. The summed E-state index contributed by atoms with van der Waals surface area (Å²) in [6.45, 7) is 5.99. The van der Waals surface area contributed by atoms with Gasteiger partial charge in [-0.15, -0.1) is 0 Å². The summed E-state index contributed by atoms with van der Waals surface area (Å²) in [5, 5.41) is 17.2. The van der Waals surface area contributed by atoms with Crippen molar-refractivity contribution < 1.29 is 18.8 Å². The number of nitriles is 1. The molecule has 0 bridgehead atoms.